The molecule has 0 spiro atoms. The first-order chi connectivity index (χ1) is 12.4. The third-order valence-electron chi connectivity index (χ3n) is 4.42. The molecule has 2 aromatic rings. The molecule has 1 heterocycles. The number of amides is 2. The Hall–Kier alpha value is -2.67. The average Bonchev–Trinajstić information content (AvgIpc) is 2.62. The molecule has 0 saturated carbocycles. The fourth-order valence-corrected chi connectivity index (χ4v) is 3.38. The van der Waals surface area contributed by atoms with Crippen molar-refractivity contribution in [3.63, 3.8) is 0 Å². The normalized spacial score (nSPS) is 13.0. The van der Waals surface area contributed by atoms with E-state index in [1.54, 1.807) is 7.05 Å². The van der Waals surface area contributed by atoms with Crippen molar-refractivity contribution >= 4 is 23.4 Å². The van der Waals surface area contributed by atoms with E-state index in [-0.39, 0.29) is 16.1 Å². The quantitative estimate of drug-likeness (QED) is 0.787. The van der Waals surface area contributed by atoms with Gasteiger partial charge in [0.05, 0.1) is 16.1 Å². The molecule has 1 aromatic heterocycles. The van der Waals surface area contributed by atoms with Gasteiger partial charge < -0.3 is 4.57 Å². The van der Waals surface area contributed by atoms with Crippen LogP contribution in [0.25, 0.3) is 0 Å². The first kappa shape index (κ1) is 18.1. The summed E-state index contributed by atoms with van der Waals surface area (Å²) in [4.78, 5) is 36.9. The summed E-state index contributed by atoms with van der Waals surface area (Å²) in [5.74, 6) is -2.22. The Bertz CT molecular complexity index is 935. The molecule has 0 radical (unpaired) electrons. The molecule has 0 unspecified atom stereocenters. The monoisotopic (exact) mass is 377 g/mol. The molecule has 0 bridgehead atoms. The van der Waals surface area contributed by atoms with E-state index in [1.165, 1.54) is 22.9 Å². The molecule has 2 amide bonds. The molecule has 26 heavy (non-hydrogen) atoms. The molecule has 0 aliphatic heterocycles. The number of nitrogens with zero attached hydrogens (tertiary/aromatic N) is 1. The minimum Gasteiger partial charge on any atom is -0.318 e. The average molecular weight is 378 g/mol. The van der Waals surface area contributed by atoms with Crippen molar-refractivity contribution in [2.75, 3.05) is 0 Å². The van der Waals surface area contributed by atoms with Gasteiger partial charge in [0.25, 0.3) is 17.4 Å². The molecule has 0 fully saturated rings. The van der Waals surface area contributed by atoms with Crippen molar-refractivity contribution in [2.24, 2.45) is 7.05 Å². The fraction of sp³-hybridized carbons (Fsp3) is 0.278. The van der Waals surface area contributed by atoms with Gasteiger partial charge in [0.2, 0.25) is 0 Å². The summed E-state index contributed by atoms with van der Waals surface area (Å²) in [6, 6.07) is 3.86. The number of halogens is 2. The SMILES string of the molecule is Cn1cc(C(=O)NNC(=O)c2c(F)cccc2Cl)c2c(c1=O)CCCC2. The number of hydrogen-bond acceptors (Lipinski definition) is 3. The zero-order valence-corrected chi connectivity index (χ0v) is 14.8. The van der Waals surface area contributed by atoms with Crippen LogP contribution in [-0.2, 0) is 19.9 Å². The van der Waals surface area contributed by atoms with Crippen LogP contribution >= 0.6 is 11.6 Å². The third-order valence-corrected chi connectivity index (χ3v) is 4.73. The number of aromatic nitrogens is 1. The highest BCUT2D eigenvalue weighted by Crippen LogP contribution is 2.22. The Morgan fingerprint density at radius 3 is 2.46 bits per heavy atom. The molecule has 136 valence electrons. The van der Waals surface area contributed by atoms with Gasteiger partial charge in [0, 0.05) is 18.8 Å². The van der Waals surface area contributed by atoms with Gasteiger partial charge in [-0.25, -0.2) is 4.39 Å². The standard InChI is InChI=1S/C18H17ClFN3O3/c1-23-9-12(10-5-2-3-6-11(10)18(23)26)16(24)21-22-17(25)15-13(19)7-4-8-14(15)20/h4,7-9H,2-3,5-6H2,1H3,(H,21,24)(H,22,25). The van der Waals surface area contributed by atoms with Crippen molar-refractivity contribution in [2.45, 2.75) is 25.7 Å². The second-order valence-corrected chi connectivity index (χ2v) is 6.54. The highest BCUT2D eigenvalue weighted by molar-refractivity contribution is 6.33. The zero-order valence-electron chi connectivity index (χ0n) is 14.1. The summed E-state index contributed by atoms with van der Waals surface area (Å²) in [5.41, 5.74) is 5.64. The number of aryl methyl sites for hydroxylation is 1. The zero-order chi connectivity index (χ0) is 18.8. The molecule has 0 saturated heterocycles. The van der Waals surface area contributed by atoms with Gasteiger partial charge in [0.1, 0.15) is 5.82 Å². The van der Waals surface area contributed by atoms with E-state index in [9.17, 15) is 18.8 Å². The Labute approximate surface area is 153 Å². The summed E-state index contributed by atoms with van der Waals surface area (Å²) in [6.07, 6.45) is 4.49. The minimum absolute atomic E-state index is 0.0590. The second kappa shape index (κ2) is 7.29. The van der Waals surface area contributed by atoms with Gasteiger partial charge in [-0.1, -0.05) is 17.7 Å². The Morgan fingerprint density at radius 1 is 1.12 bits per heavy atom. The minimum atomic E-state index is -0.861. The van der Waals surface area contributed by atoms with E-state index in [1.807, 2.05) is 0 Å². The third kappa shape index (κ3) is 3.35. The van der Waals surface area contributed by atoms with Crippen LogP contribution in [0.5, 0.6) is 0 Å². The van der Waals surface area contributed by atoms with Gasteiger partial charge in [-0.3, -0.25) is 25.2 Å². The van der Waals surface area contributed by atoms with Crippen LogP contribution in [0.4, 0.5) is 4.39 Å². The lowest BCUT2D eigenvalue weighted by Gasteiger charge is -2.20. The summed E-state index contributed by atoms with van der Waals surface area (Å²) < 4.78 is 15.1. The number of benzene rings is 1. The van der Waals surface area contributed by atoms with Crippen molar-refractivity contribution in [1.29, 1.82) is 0 Å². The molecule has 1 aliphatic carbocycles. The van der Waals surface area contributed by atoms with Crippen LogP contribution in [-0.4, -0.2) is 16.4 Å². The van der Waals surface area contributed by atoms with Gasteiger partial charge >= 0.3 is 0 Å². The number of fused-ring (bicyclic) bond motifs is 1. The number of carbonyl (C=O) groups excluding carboxylic acids is 2. The highest BCUT2D eigenvalue weighted by Gasteiger charge is 2.23. The Kier molecular flexibility index (Phi) is 5.08. The van der Waals surface area contributed by atoms with E-state index in [0.29, 0.717) is 29.5 Å². The topological polar surface area (TPSA) is 80.2 Å². The first-order valence-electron chi connectivity index (χ1n) is 8.16. The molecular formula is C18H17ClFN3O3. The van der Waals surface area contributed by atoms with Crippen LogP contribution in [0.3, 0.4) is 0 Å². The maximum atomic E-state index is 13.8. The summed E-state index contributed by atoms with van der Waals surface area (Å²) in [7, 11) is 1.58. The van der Waals surface area contributed by atoms with E-state index >= 15 is 0 Å². The smallest absolute Gasteiger partial charge is 0.274 e. The van der Waals surface area contributed by atoms with E-state index in [2.05, 4.69) is 10.9 Å². The summed E-state index contributed by atoms with van der Waals surface area (Å²) >= 11 is 5.84. The number of hydrogen-bond donors (Lipinski definition) is 2. The lowest BCUT2D eigenvalue weighted by Crippen LogP contribution is -2.43. The van der Waals surface area contributed by atoms with Crippen LogP contribution in [0, 0.1) is 5.82 Å². The molecule has 1 aromatic carbocycles. The maximum Gasteiger partial charge on any atom is 0.274 e. The predicted octanol–water partition coefficient (Wildman–Crippen LogP) is 2.13. The highest BCUT2D eigenvalue weighted by atomic mass is 35.5. The van der Waals surface area contributed by atoms with Crippen LogP contribution < -0.4 is 16.4 Å². The molecule has 1 aliphatic rings. The van der Waals surface area contributed by atoms with Crippen LogP contribution in [0.15, 0.2) is 29.2 Å². The van der Waals surface area contributed by atoms with Crippen molar-refractivity contribution in [1.82, 2.24) is 15.4 Å². The molecule has 8 heteroatoms. The molecule has 0 atom stereocenters. The van der Waals surface area contributed by atoms with Gasteiger partial charge in [-0.05, 0) is 43.4 Å². The summed E-state index contributed by atoms with van der Waals surface area (Å²) in [6.45, 7) is 0. The van der Waals surface area contributed by atoms with E-state index in [4.69, 9.17) is 11.6 Å². The first-order valence-corrected chi connectivity index (χ1v) is 8.54. The van der Waals surface area contributed by atoms with Gasteiger partial charge in [-0.2, -0.15) is 0 Å². The largest absolute Gasteiger partial charge is 0.318 e. The predicted molar refractivity (Wildman–Crippen MR) is 94.7 cm³/mol. The number of rotatable bonds is 2. The molecular weight excluding hydrogens is 361 g/mol. The summed E-state index contributed by atoms with van der Waals surface area (Å²) in [5, 5.41) is -0.0590. The molecule has 6 nitrogen and oxygen atoms in total. The second-order valence-electron chi connectivity index (χ2n) is 6.13. The lowest BCUT2D eigenvalue weighted by atomic mass is 9.89. The maximum absolute atomic E-state index is 13.8. The van der Waals surface area contributed by atoms with Crippen molar-refractivity contribution < 1.29 is 14.0 Å². The van der Waals surface area contributed by atoms with Crippen LogP contribution in [0.1, 0.15) is 44.7 Å². The lowest BCUT2D eigenvalue weighted by molar-refractivity contribution is 0.0843. The molecule has 2 N–H and O–H groups in total. The van der Waals surface area contributed by atoms with E-state index < -0.39 is 17.6 Å². The van der Waals surface area contributed by atoms with Gasteiger partial charge in [0.15, 0.2) is 0 Å². The van der Waals surface area contributed by atoms with Crippen molar-refractivity contribution in [3.8, 4) is 0 Å². The molecule has 3 rings (SSSR count). The Balaban J connectivity index is 1.82. The number of pyridine rings is 1. The Morgan fingerprint density at radius 2 is 1.77 bits per heavy atom. The van der Waals surface area contributed by atoms with E-state index in [0.717, 1.165) is 18.9 Å². The fourth-order valence-electron chi connectivity index (χ4n) is 3.14. The van der Waals surface area contributed by atoms with Crippen molar-refractivity contribution in [3.05, 3.63) is 67.8 Å². The number of carbonyl (C=O) groups is 2. The van der Waals surface area contributed by atoms with Gasteiger partial charge in [-0.15, -0.1) is 0 Å². The van der Waals surface area contributed by atoms with Crippen LogP contribution in [0.2, 0.25) is 5.02 Å². The number of nitrogens with one attached hydrogen (secondary N) is 2. The number of hydrazine groups is 1.